The Morgan fingerprint density at radius 3 is 2.26 bits per heavy atom. The molecule has 0 amide bonds. The normalized spacial score (nSPS) is 14.4. The second-order valence-electron chi connectivity index (χ2n) is 8.72. The summed E-state index contributed by atoms with van der Waals surface area (Å²) >= 11 is 0. The Kier molecular flexibility index (Phi) is 10.4. The molecule has 1 aliphatic rings. The fraction of sp³-hybridized carbons (Fsp3) is 0.323. The number of hydrogen-bond donors (Lipinski definition) is 1. The number of methoxy groups -OCH3 is 1. The average Bonchev–Trinajstić information content (AvgIpc) is 3.35. The summed E-state index contributed by atoms with van der Waals surface area (Å²) < 4.78 is 5.14. The Balaban J connectivity index is 1.27. The van der Waals surface area contributed by atoms with Gasteiger partial charge in [-0.1, -0.05) is 86.7 Å². The van der Waals surface area contributed by atoms with Gasteiger partial charge in [-0.3, -0.25) is 4.79 Å². The lowest BCUT2D eigenvalue weighted by atomic mass is 9.99. The maximum absolute atomic E-state index is 12.3. The van der Waals surface area contributed by atoms with Crippen molar-refractivity contribution in [1.29, 1.82) is 0 Å². The fourth-order valence-corrected chi connectivity index (χ4v) is 4.16. The fourth-order valence-electron chi connectivity index (χ4n) is 4.16. The zero-order chi connectivity index (χ0) is 24.0. The summed E-state index contributed by atoms with van der Waals surface area (Å²) in [5.41, 5.74) is 4.00. The molecule has 0 aromatic heterocycles. The van der Waals surface area contributed by atoms with Gasteiger partial charge in [-0.05, 0) is 60.7 Å². The van der Waals surface area contributed by atoms with Gasteiger partial charge in [0, 0.05) is 17.6 Å². The average molecular weight is 457 g/mol. The van der Waals surface area contributed by atoms with Crippen molar-refractivity contribution in [2.75, 3.05) is 7.11 Å². The van der Waals surface area contributed by atoms with Crippen LogP contribution < -0.4 is 4.74 Å². The zero-order valence-electron chi connectivity index (χ0n) is 20.2. The van der Waals surface area contributed by atoms with E-state index < -0.39 is 0 Å². The van der Waals surface area contributed by atoms with Gasteiger partial charge in [0.05, 0.1) is 7.11 Å². The molecular formula is C31H36O3. The Morgan fingerprint density at radius 1 is 0.882 bits per heavy atom. The highest BCUT2D eigenvalue weighted by Crippen LogP contribution is 2.27. The number of ketones is 1. The van der Waals surface area contributed by atoms with Crippen LogP contribution in [0.3, 0.4) is 0 Å². The summed E-state index contributed by atoms with van der Waals surface area (Å²) in [5.74, 6) is 1.32. The van der Waals surface area contributed by atoms with Crippen molar-refractivity contribution in [2.45, 2.75) is 57.8 Å². The minimum absolute atomic E-state index is 0.215. The second-order valence-corrected chi connectivity index (χ2v) is 8.72. The molecular weight excluding hydrogens is 420 g/mol. The van der Waals surface area contributed by atoms with E-state index in [1.54, 1.807) is 13.2 Å². The molecule has 3 heteroatoms. The molecule has 0 atom stereocenters. The Morgan fingerprint density at radius 2 is 1.56 bits per heavy atom. The summed E-state index contributed by atoms with van der Waals surface area (Å²) in [4.78, 5) is 12.3. The molecule has 178 valence electrons. The molecule has 0 saturated heterocycles. The number of benzene rings is 2. The van der Waals surface area contributed by atoms with E-state index in [2.05, 4.69) is 6.08 Å². The minimum Gasteiger partial charge on any atom is -0.507 e. The van der Waals surface area contributed by atoms with Crippen molar-refractivity contribution in [3.05, 3.63) is 107 Å². The van der Waals surface area contributed by atoms with E-state index in [1.165, 1.54) is 31.3 Å². The molecule has 2 aromatic carbocycles. The summed E-state index contributed by atoms with van der Waals surface area (Å²) in [6.07, 6.45) is 19.4. The highest BCUT2D eigenvalue weighted by molar-refractivity contribution is 5.96. The standard InChI is InChI=1S/C31H36O3/c1-34-28-22-20-27(21-23-28)30(32)18-11-6-4-2-3-5-10-15-26-16-12-17-29(26)31(33)24-19-25-13-8-7-9-14-25/h7-9,12-14,16-17,19-24,33H,2-6,10-11,15,18H2,1H3. The van der Waals surface area contributed by atoms with Gasteiger partial charge in [-0.2, -0.15) is 0 Å². The van der Waals surface area contributed by atoms with E-state index in [4.69, 9.17) is 4.74 Å². The maximum Gasteiger partial charge on any atom is 0.162 e. The van der Waals surface area contributed by atoms with Crippen LogP contribution >= 0.6 is 0 Å². The topological polar surface area (TPSA) is 46.5 Å². The molecule has 0 spiro atoms. The van der Waals surface area contributed by atoms with E-state index >= 15 is 0 Å². The number of ether oxygens (including phenoxy) is 1. The number of aliphatic hydroxyl groups is 1. The van der Waals surface area contributed by atoms with Crippen LogP contribution in [0.2, 0.25) is 0 Å². The van der Waals surface area contributed by atoms with Crippen LogP contribution in [-0.2, 0) is 0 Å². The van der Waals surface area contributed by atoms with E-state index in [-0.39, 0.29) is 5.78 Å². The number of unbranched alkanes of at least 4 members (excludes halogenated alkanes) is 6. The van der Waals surface area contributed by atoms with E-state index in [0.717, 1.165) is 48.1 Å². The first-order valence-electron chi connectivity index (χ1n) is 12.4. The number of hydrogen-bond acceptors (Lipinski definition) is 3. The SMILES string of the molecule is COc1ccc(C(=O)CCCCCCCCCC2=CC=CC2=C(O)C=Cc2ccccc2)cc1. The van der Waals surface area contributed by atoms with Crippen LogP contribution in [0.25, 0.3) is 6.08 Å². The monoisotopic (exact) mass is 456 g/mol. The van der Waals surface area contributed by atoms with Crippen molar-refractivity contribution >= 4 is 11.9 Å². The highest BCUT2D eigenvalue weighted by Gasteiger charge is 2.10. The molecule has 34 heavy (non-hydrogen) atoms. The summed E-state index contributed by atoms with van der Waals surface area (Å²) in [6.45, 7) is 0. The first kappa shape index (κ1) is 25.3. The molecule has 0 bridgehead atoms. The predicted molar refractivity (Wildman–Crippen MR) is 141 cm³/mol. The van der Waals surface area contributed by atoms with Gasteiger partial charge in [-0.25, -0.2) is 0 Å². The van der Waals surface area contributed by atoms with Gasteiger partial charge in [0.15, 0.2) is 5.78 Å². The van der Waals surface area contributed by atoms with E-state index in [0.29, 0.717) is 12.2 Å². The first-order chi connectivity index (χ1) is 16.7. The maximum atomic E-state index is 12.3. The third kappa shape index (κ3) is 8.22. The van der Waals surface area contributed by atoms with E-state index in [9.17, 15) is 9.90 Å². The number of rotatable bonds is 14. The second kappa shape index (κ2) is 14.0. The van der Waals surface area contributed by atoms with Crippen molar-refractivity contribution in [1.82, 2.24) is 0 Å². The number of carbonyl (C=O) groups is 1. The Hall–Kier alpha value is -3.33. The molecule has 0 heterocycles. The van der Waals surface area contributed by atoms with Crippen LogP contribution in [0.1, 0.15) is 73.7 Å². The summed E-state index contributed by atoms with van der Waals surface area (Å²) in [5, 5.41) is 10.5. The predicted octanol–water partition coefficient (Wildman–Crippen LogP) is 8.41. The molecule has 2 aromatic rings. The molecule has 3 rings (SSSR count). The van der Waals surface area contributed by atoms with Crippen LogP contribution in [0.4, 0.5) is 0 Å². The third-order valence-electron chi connectivity index (χ3n) is 6.18. The molecule has 0 unspecified atom stereocenters. The largest absolute Gasteiger partial charge is 0.507 e. The van der Waals surface area contributed by atoms with Crippen molar-refractivity contribution in [3.63, 3.8) is 0 Å². The van der Waals surface area contributed by atoms with Crippen molar-refractivity contribution < 1.29 is 14.6 Å². The number of Topliss-reactive ketones (excluding diaryl/α,β-unsaturated/α-hetero) is 1. The summed E-state index contributed by atoms with van der Waals surface area (Å²) in [7, 11) is 1.63. The van der Waals surface area contributed by atoms with Crippen molar-refractivity contribution in [2.24, 2.45) is 0 Å². The molecule has 1 aliphatic carbocycles. The summed E-state index contributed by atoms with van der Waals surface area (Å²) in [6, 6.07) is 17.4. The molecule has 0 radical (unpaired) electrons. The van der Waals surface area contributed by atoms with Gasteiger partial charge < -0.3 is 9.84 Å². The molecule has 0 fully saturated rings. The minimum atomic E-state index is 0.215. The third-order valence-corrected chi connectivity index (χ3v) is 6.18. The lowest BCUT2D eigenvalue weighted by Crippen LogP contribution is -1.98. The molecule has 1 N–H and O–H groups in total. The van der Waals surface area contributed by atoms with Gasteiger partial charge in [0.1, 0.15) is 11.5 Å². The number of allylic oxidation sites excluding steroid dienone is 6. The lowest BCUT2D eigenvalue weighted by Gasteiger charge is -2.07. The van der Waals surface area contributed by atoms with E-state index in [1.807, 2.05) is 72.8 Å². The lowest BCUT2D eigenvalue weighted by molar-refractivity contribution is 0.0979. The zero-order valence-corrected chi connectivity index (χ0v) is 20.2. The van der Waals surface area contributed by atoms with Gasteiger partial charge in [0.2, 0.25) is 0 Å². The quantitative estimate of drug-likeness (QED) is 0.176. The number of carbonyl (C=O) groups excluding carboxylic acids is 1. The molecule has 3 nitrogen and oxygen atoms in total. The smallest absolute Gasteiger partial charge is 0.162 e. The van der Waals surface area contributed by atoms with Gasteiger partial charge in [0.25, 0.3) is 0 Å². The Bertz CT molecular complexity index is 1020. The Labute approximate surface area is 204 Å². The van der Waals surface area contributed by atoms with Crippen LogP contribution in [0, 0.1) is 0 Å². The number of aliphatic hydroxyl groups excluding tert-OH is 1. The van der Waals surface area contributed by atoms with Crippen molar-refractivity contribution in [3.8, 4) is 5.75 Å². The van der Waals surface area contributed by atoms with Crippen LogP contribution in [0.15, 0.2) is 95.8 Å². The van der Waals surface area contributed by atoms with Gasteiger partial charge >= 0.3 is 0 Å². The van der Waals surface area contributed by atoms with Gasteiger partial charge in [-0.15, -0.1) is 0 Å². The highest BCUT2D eigenvalue weighted by atomic mass is 16.5. The van der Waals surface area contributed by atoms with Crippen LogP contribution in [-0.4, -0.2) is 18.0 Å². The first-order valence-corrected chi connectivity index (χ1v) is 12.4. The van der Waals surface area contributed by atoms with Crippen LogP contribution in [0.5, 0.6) is 5.75 Å². The molecule has 0 saturated carbocycles. The molecule has 0 aliphatic heterocycles.